The molecule has 0 saturated carbocycles. The van der Waals surface area contributed by atoms with Gasteiger partial charge in [-0.3, -0.25) is 4.99 Å². The average molecular weight is 425 g/mol. The smallest absolute Gasteiger partial charge is 0.193 e. The second-order valence-corrected chi connectivity index (χ2v) is 5.28. The van der Waals surface area contributed by atoms with E-state index >= 15 is 0 Å². The molecule has 124 valence electrons. The minimum absolute atomic E-state index is 0. The van der Waals surface area contributed by atoms with Crippen molar-refractivity contribution in [1.29, 1.82) is 0 Å². The first-order valence-corrected chi connectivity index (χ1v) is 7.46. The number of hydrogen-bond donors (Lipinski definition) is 2. The summed E-state index contributed by atoms with van der Waals surface area (Å²) in [6, 6.07) is 16.0. The van der Waals surface area contributed by atoms with Crippen molar-refractivity contribution in [2.45, 2.75) is 20.3 Å². The Morgan fingerprint density at radius 3 is 2.39 bits per heavy atom. The topological polar surface area (TPSA) is 59.6 Å². The Hall–Kier alpha value is -1.76. The first-order valence-electron chi connectivity index (χ1n) is 7.46. The highest BCUT2D eigenvalue weighted by Crippen LogP contribution is 2.13. The van der Waals surface area contributed by atoms with Gasteiger partial charge in [0.1, 0.15) is 5.75 Å². The predicted octanol–water partition coefficient (Wildman–Crippen LogP) is 4.12. The van der Waals surface area contributed by atoms with Gasteiger partial charge in [0.05, 0.1) is 6.61 Å². The van der Waals surface area contributed by atoms with E-state index in [2.05, 4.69) is 30.2 Å². The second-order valence-electron chi connectivity index (χ2n) is 5.28. The third-order valence-electron chi connectivity index (χ3n) is 3.09. The summed E-state index contributed by atoms with van der Waals surface area (Å²) in [5.41, 5.74) is 9.27. The third kappa shape index (κ3) is 7.36. The van der Waals surface area contributed by atoms with Crippen molar-refractivity contribution in [2.75, 3.05) is 18.5 Å². The highest BCUT2D eigenvalue weighted by atomic mass is 127. The van der Waals surface area contributed by atoms with Crippen molar-refractivity contribution >= 4 is 35.6 Å². The number of anilines is 1. The Labute approximate surface area is 155 Å². The number of nitrogens with two attached hydrogens (primary N) is 1. The van der Waals surface area contributed by atoms with Crippen LogP contribution in [0.25, 0.3) is 0 Å². The first kappa shape index (κ1) is 19.3. The molecule has 0 aliphatic rings. The Morgan fingerprint density at radius 1 is 1.09 bits per heavy atom. The highest BCUT2D eigenvalue weighted by Gasteiger charge is 1.98. The molecule has 5 heteroatoms. The lowest BCUT2D eigenvalue weighted by atomic mass is 10.1. The van der Waals surface area contributed by atoms with Crippen LogP contribution in [0.3, 0.4) is 0 Å². The maximum atomic E-state index is 5.90. The Morgan fingerprint density at radius 2 is 1.74 bits per heavy atom. The van der Waals surface area contributed by atoms with Gasteiger partial charge in [0.2, 0.25) is 0 Å². The molecule has 0 heterocycles. The molecule has 2 aromatic carbocycles. The zero-order chi connectivity index (χ0) is 15.8. The first-order chi connectivity index (χ1) is 10.6. The Bertz CT molecular complexity index is 609. The van der Waals surface area contributed by atoms with Gasteiger partial charge in [-0.15, -0.1) is 24.0 Å². The predicted molar refractivity (Wildman–Crippen MR) is 108 cm³/mol. The van der Waals surface area contributed by atoms with Crippen LogP contribution < -0.4 is 15.8 Å². The van der Waals surface area contributed by atoms with Crippen molar-refractivity contribution in [3.05, 3.63) is 59.7 Å². The van der Waals surface area contributed by atoms with Crippen LogP contribution in [0.2, 0.25) is 0 Å². The molecule has 0 saturated heterocycles. The molecule has 0 radical (unpaired) electrons. The maximum Gasteiger partial charge on any atom is 0.193 e. The lowest BCUT2D eigenvalue weighted by molar-refractivity contribution is 0.313. The zero-order valence-corrected chi connectivity index (χ0v) is 15.9. The fourth-order valence-electron chi connectivity index (χ4n) is 2.21. The number of hydrogen-bond acceptors (Lipinski definition) is 2. The second kappa shape index (κ2) is 10.1. The molecule has 0 bridgehead atoms. The lowest BCUT2D eigenvalue weighted by Gasteiger charge is -2.08. The molecule has 23 heavy (non-hydrogen) atoms. The average Bonchev–Trinajstić information content (AvgIpc) is 2.47. The van der Waals surface area contributed by atoms with E-state index in [9.17, 15) is 0 Å². The van der Waals surface area contributed by atoms with Crippen LogP contribution in [0.5, 0.6) is 5.75 Å². The van der Waals surface area contributed by atoms with Gasteiger partial charge < -0.3 is 15.8 Å². The fraction of sp³-hybridized carbons (Fsp3) is 0.278. The van der Waals surface area contributed by atoms with Crippen molar-refractivity contribution in [3.8, 4) is 5.75 Å². The fourth-order valence-corrected chi connectivity index (χ4v) is 2.21. The van der Waals surface area contributed by atoms with Gasteiger partial charge in [0.15, 0.2) is 5.96 Å². The monoisotopic (exact) mass is 425 g/mol. The van der Waals surface area contributed by atoms with Gasteiger partial charge in [-0.05, 0) is 49.2 Å². The molecule has 0 aliphatic heterocycles. The van der Waals surface area contributed by atoms with E-state index in [0.29, 0.717) is 19.1 Å². The van der Waals surface area contributed by atoms with E-state index in [0.717, 1.165) is 17.9 Å². The zero-order valence-electron chi connectivity index (χ0n) is 13.6. The van der Waals surface area contributed by atoms with Gasteiger partial charge in [-0.2, -0.15) is 0 Å². The van der Waals surface area contributed by atoms with Gasteiger partial charge in [-0.25, -0.2) is 0 Å². The molecular weight excluding hydrogens is 401 g/mol. The summed E-state index contributed by atoms with van der Waals surface area (Å²) in [4.78, 5) is 4.31. The number of para-hydroxylation sites is 1. The number of benzene rings is 2. The van der Waals surface area contributed by atoms with Gasteiger partial charge >= 0.3 is 0 Å². The van der Waals surface area contributed by atoms with Crippen molar-refractivity contribution < 1.29 is 4.74 Å². The summed E-state index contributed by atoms with van der Waals surface area (Å²) >= 11 is 0. The van der Waals surface area contributed by atoms with E-state index in [1.54, 1.807) is 0 Å². The van der Waals surface area contributed by atoms with Crippen LogP contribution in [-0.4, -0.2) is 19.1 Å². The molecule has 2 rings (SSSR count). The molecule has 4 nitrogen and oxygen atoms in total. The number of halogens is 1. The van der Waals surface area contributed by atoms with E-state index in [-0.39, 0.29) is 24.0 Å². The Kier molecular flexibility index (Phi) is 8.47. The summed E-state index contributed by atoms with van der Waals surface area (Å²) in [7, 11) is 0. The normalized spacial score (nSPS) is 10.8. The molecule has 0 atom stereocenters. The summed E-state index contributed by atoms with van der Waals surface area (Å²) < 4.78 is 5.61. The summed E-state index contributed by atoms with van der Waals surface area (Å²) in [5.74, 6) is 1.32. The van der Waals surface area contributed by atoms with Gasteiger partial charge in [-0.1, -0.05) is 24.3 Å². The van der Waals surface area contributed by atoms with Gasteiger partial charge in [0, 0.05) is 18.7 Å². The van der Waals surface area contributed by atoms with Crippen LogP contribution in [0.4, 0.5) is 5.69 Å². The van der Waals surface area contributed by atoms with Crippen molar-refractivity contribution in [1.82, 2.24) is 0 Å². The maximum absolute atomic E-state index is 5.90. The molecular formula is C18H24IN3O. The number of aryl methyl sites for hydroxylation is 2. The van der Waals surface area contributed by atoms with Crippen LogP contribution in [-0.2, 0) is 0 Å². The Balaban J connectivity index is 0.00000264. The number of aliphatic imine (C=N–C) groups is 1. The third-order valence-corrected chi connectivity index (χ3v) is 3.09. The molecule has 0 spiro atoms. The number of nitrogens with one attached hydrogen (secondary N) is 1. The van der Waals surface area contributed by atoms with Gasteiger partial charge in [0.25, 0.3) is 0 Å². The molecule has 0 unspecified atom stereocenters. The minimum atomic E-state index is 0. The van der Waals surface area contributed by atoms with Crippen LogP contribution >= 0.6 is 24.0 Å². The number of nitrogens with zero attached hydrogens (tertiary/aromatic N) is 1. The molecule has 0 fully saturated rings. The highest BCUT2D eigenvalue weighted by molar-refractivity contribution is 14.0. The molecule has 0 aromatic heterocycles. The number of rotatable bonds is 6. The summed E-state index contributed by atoms with van der Waals surface area (Å²) in [5, 5.41) is 3.12. The van der Waals surface area contributed by atoms with E-state index < -0.39 is 0 Å². The SMILES string of the molecule is Cc1cc(C)cc(NC(N)=NCCCOc2ccccc2)c1.I. The van der Waals surface area contributed by atoms with Crippen LogP contribution in [0.1, 0.15) is 17.5 Å². The van der Waals surface area contributed by atoms with E-state index in [1.807, 2.05) is 42.5 Å². The van der Waals surface area contributed by atoms with Crippen LogP contribution in [0, 0.1) is 13.8 Å². The summed E-state index contributed by atoms with van der Waals surface area (Å²) in [6.45, 7) is 5.39. The minimum Gasteiger partial charge on any atom is -0.494 e. The van der Waals surface area contributed by atoms with E-state index in [1.165, 1.54) is 11.1 Å². The summed E-state index contributed by atoms with van der Waals surface area (Å²) in [6.07, 6.45) is 0.824. The molecule has 0 amide bonds. The lowest BCUT2D eigenvalue weighted by Crippen LogP contribution is -2.23. The molecule has 3 N–H and O–H groups in total. The largest absolute Gasteiger partial charge is 0.494 e. The van der Waals surface area contributed by atoms with Crippen molar-refractivity contribution in [3.63, 3.8) is 0 Å². The van der Waals surface area contributed by atoms with Crippen LogP contribution in [0.15, 0.2) is 53.5 Å². The quantitative estimate of drug-likeness (QED) is 0.317. The number of ether oxygens (including phenoxy) is 1. The molecule has 0 aliphatic carbocycles. The number of guanidine groups is 1. The van der Waals surface area contributed by atoms with Crippen molar-refractivity contribution in [2.24, 2.45) is 10.7 Å². The standard InChI is InChI=1S/C18H23N3O.HI/c1-14-11-15(2)13-16(12-14)21-18(19)20-9-6-10-22-17-7-4-3-5-8-17;/h3-5,7-8,11-13H,6,9-10H2,1-2H3,(H3,19,20,21);1H. The molecule has 2 aromatic rings. The van der Waals surface area contributed by atoms with E-state index in [4.69, 9.17) is 10.5 Å².